The van der Waals surface area contributed by atoms with E-state index < -0.39 is 11.9 Å². The second kappa shape index (κ2) is 26.2. The molecule has 0 spiro atoms. The van der Waals surface area contributed by atoms with Crippen LogP contribution >= 0.6 is 11.8 Å². The number of aromatic carboxylic acids is 2. The van der Waals surface area contributed by atoms with Crippen LogP contribution in [0.3, 0.4) is 0 Å². The number of para-hydroxylation sites is 1. The van der Waals surface area contributed by atoms with Gasteiger partial charge in [-0.05, 0) is 47.0 Å². The predicted molar refractivity (Wildman–Crippen MR) is 240 cm³/mol. The molecule has 336 valence electrons. The molecule has 3 heterocycles. The van der Waals surface area contributed by atoms with Gasteiger partial charge in [0.2, 0.25) is 11.8 Å². The second-order valence-corrected chi connectivity index (χ2v) is 15.9. The molecular weight excluding hydrogens is 829 g/mol. The highest BCUT2D eigenvalue weighted by Crippen LogP contribution is 2.29. The molecule has 0 fully saturated rings. The van der Waals surface area contributed by atoms with Crippen molar-refractivity contribution in [1.82, 2.24) is 25.1 Å². The summed E-state index contributed by atoms with van der Waals surface area (Å²) in [6.45, 7) is 3.55. The molecule has 0 saturated carbocycles. The van der Waals surface area contributed by atoms with Gasteiger partial charge in [0, 0.05) is 70.2 Å². The van der Waals surface area contributed by atoms with Crippen molar-refractivity contribution in [3.8, 4) is 0 Å². The van der Waals surface area contributed by atoms with Crippen LogP contribution in [0.15, 0.2) is 84.9 Å². The van der Waals surface area contributed by atoms with E-state index in [4.69, 9.17) is 9.47 Å². The van der Waals surface area contributed by atoms with Crippen molar-refractivity contribution in [3.63, 3.8) is 0 Å². The number of nitrogens with zero attached hydrogens (tertiary/aromatic N) is 5. The summed E-state index contributed by atoms with van der Waals surface area (Å²) in [5.74, 6) is -1.48. The summed E-state index contributed by atoms with van der Waals surface area (Å²) in [7, 11) is 0. The number of carboxylic acid groups (broad SMARTS) is 2. The van der Waals surface area contributed by atoms with Gasteiger partial charge in [-0.1, -0.05) is 66.7 Å². The summed E-state index contributed by atoms with van der Waals surface area (Å²) >= 11 is 1.57. The van der Waals surface area contributed by atoms with E-state index in [9.17, 15) is 39.6 Å². The van der Waals surface area contributed by atoms with E-state index >= 15 is 0 Å². The van der Waals surface area contributed by atoms with Crippen molar-refractivity contribution in [2.75, 3.05) is 82.2 Å². The van der Waals surface area contributed by atoms with Crippen LogP contribution in [0.1, 0.15) is 61.9 Å². The normalized spacial score (nSPS) is 13.2. The average molecular weight is 885 g/mol. The van der Waals surface area contributed by atoms with E-state index in [1.807, 2.05) is 64.4 Å². The average Bonchev–Trinajstić information content (AvgIpc) is 3.27. The largest absolute Gasteiger partial charge is 0.477 e. The molecule has 63 heavy (non-hydrogen) atoms. The summed E-state index contributed by atoms with van der Waals surface area (Å²) in [4.78, 5) is 63.3. The molecule has 2 amide bonds. The molecule has 1 aliphatic rings. The number of aromatic nitrogens is 2. The number of hydrogen-bond acceptors (Lipinski definition) is 13. The number of rotatable bonds is 27. The molecule has 1 aliphatic heterocycles. The van der Waals surface area contributed by atoms with Crippen LogP contribution in [0, 0.1) is 0 Å². The van der Waals surface area contributed by atoms with Gasteiger partial charge in [-0.25, -0.2) is 19.6 Å². The van der Waals surface area contributed by atoms with Crippen LogP contribution < -0.4 is 10.2 Å². The van der Waals surface area contributed by atoms with Crippen LogP contribution in [0.4, 0.5) is 5.69 Å². The number of amides is 2. The lowest BCUT2D eigenvalue weighted by atomic mass is 10.0. The topological polar surface area (TPSA) is 215 Å². The number of carbonyl (C=O) groups excluding carboxylic acids is 2. The lowest BCUT2D eigenvalue weighted by Gasteiger charge is -2.27. The highest BCUT2D eigenvalue weighted by Gasteiger charge is 2.22. The molecule has 0 unspecified atom stereocenters. The Bertz CT molecular complexity index is 2140. The third-order valence-electron chi connectivity index (χ3n) is 10.1. The number of thioether (sulfide) groups is 1. The van der Waals surface area contributed by atoms with E-state index in [2.05, 4.69) is 21.4 Å². The Morgan fingerprint density at radius 2 is 1.33 bits per heavy atom. The molecule has 17 heteroatoms. The van der Waals surface area contributed by atoms with Crippen molar-refractivity contribution in [3.05, 3.63) is 124 Å². The van der Waals surface area contributed by atoms with E-state index in [-0.39, 0.29) is 68.6 Å². The van der Waals surface area contributed by atoms with Gasteiger partial charge in [0.05, 0.1) is 62.8 Å². The summed E-state index contributed by atoms with van der Waals surface area (Å²) in [6, 6.07) is 25.3. The second-order valence-electron chi connectivity index (χ2n) is 14.7. The van der Waals surface area contributed by atoms with E-state index in [1.165, 1.54) is 12.1 Å². The zero-order valence-electron chi connectivity index (χ0n) is 35.2. The number of pyridine rings is 2. The lowest BCUT2D eigenvalue weighted by molar-refractivity contribution is -0.125. The first-order valence-electron chi connectivity index (χ1n) is 20.9. The third-order valence-corrected chi connectivity index (χ3v) is 11.2. The van der Waals surface area contributed by atoms with Gasteiger partial charge in [0.15, 0.2) is 0 Å². The van der Waals surface area contributed by atoms with Gasteiger partial charge in [-0.2, -0.15) is 11.8 Å². The SMILES string of the molecule is O=C(CCC(=O)N1Cc2ccccc2/C=C\c2ccccc21)NCCSC[C@H](COCCN(CCO)Cc1cccc(C(=O)O)n1)OCCN(CCO)Cc1cccc(C(=O)O)n1. The van der Waals surface area contributed by atoms with Gasteiger partial charge < -0.3 is 40.1 Å². The highest BCUT2D eigenvalue weighted by atomic mass is 32.2. The molecule has 1 atom stereocenters. The highest BCUT2D eigenvalue weighted by molar-refractivity contribution is 7.99. The standard InChI is InChI=1S/C46H56N6O10S/c53-24-20-50(30-37-10-5-12-40(48-37)45(57)58)22-26-61-32-39(62-27-23-51(21-25-54)31-38-11-6-13-41(49-38)46(59)60)33-63-28-19-47-43(55)17-18-44(56)52-29-36-9-2-1-7-34(36)15-16-35-8-3-4-14-42(35)52/h1-16,39,53-54H,17-33H2,(H,47,55)(H,57,58)(H,59,60)/b16-15-/t39-/m0/s1. The number of carboxylic acids is 2. The molecule has 0 aliphatic carbocycles. The molecule has 5 N–H and O–H groups in total. The third kappa shape index (κ3) is 16.3. The first-order chi connectivity index (χ1) is 30.6. The number of hydrogen-bond donors (Lipinski definition) is 5. The number of fused-ring (bicyclic) bond motifs is 2. The maximum absolute atomic E-state index is 13.6. The molecule has 4 aromatic rings. The predicted octanol–water partition coefficient (Wildman–Crippen LogP) is 3.91. The minimum Gasteiger partial charge on any atom is -0.477 e. The summed E-state index contributed by atoms with van der Waals surface area (Å²) in [5, 5.41) is 41.0. The number of anilines is 1. The number of ether oxygens (including phenoxy) is 2. The number of aliphatic hydroxyl groups excluding tert-OH is 2. The van der Waals surface area contributed by atoms with Crippen LogP contribution in [0.5, 0.6) is 0 Å². The zero-order chi connectivity index (χ0) is 44.8. The Morgan fingerprint density at radius 3 is 1.98 bits per heavy atom. The van der Waals surface area contributed by atoms with Crippen molar-refractivity contribution in [2.45, 2.75) is 38.6 Å². The van der Waals surface area contributed by atoms with Crippen LogP contribution in [-0.4, -0.2) is 147 Å². The molecule has 0 saturated heterocycles. The summed E-state index contributed by atoms with van der Waals surface area (Å²) in [5.41, 5.74) is 4.78. The van der Waals surface area contributed by atoms with Crippen LogP contribution in [0.2, 0.25) is 0 Å². The van der Waals surface area contributed by atoms with Crippen molar-refractivity contribution >= 4 is 53.4 Å². The summed E-state index contributed by atoms with van der Waals surface area (Å²) in [6.07, 6.45) is 3.82. The molecule has 5 rings (SSSR count). The Labute approximate surface area is 371 Å². The van der Waals surface area contributed by atoms with E-state index in [1.54, 1.807) is 40.9 Å². The Balaban J connectivity index is 1.10. The number of benzene rings is 2. The van der Waals surface area contributed by atoms with Crippen molar-refractivity contribution in [2.24, 2.45) is 0 Å². The molecule has 16 nitrogen and oxygen atoms in total. The van der Waals surface area contributed by atoms with E-state index in [0.717, 1.165) is 22.4 Å². The minimum atomic E-state index is -1.12. The van der Waals surface area contributed by atoms with Gasteiger partial charge in [-0.3, -0.25) is 19.4 Å². The fraction of sp³-hybridized carbons (Fsp3) is 0.391. The lowest BCUT2D eigenvalue weighted by Crippen LogP contribution is -2.34. The monoisotopic (exact) mass is 884 g/mol. The van der Waals surface area contributed by atoms with Crippen LogP contribution in [0.25, 0.3) is 12.2 Å². The molecule has 0 radical (unpaired) electrons. The Kier molecular flexibility index (Phi) is 20.2. The molecule has 2 aromatic heterocycles. The van der Waals surface area contributed by atoms with Gasteiger partial charge in [0.25, 0.3) is 0 Å². The Hall–Kier alpha value is -5.53. The van der Waals surface area contributed by atoms with E-state index in [0.29, 0.717) is 81.9 Å². The van der Waals surface area contributed by atoms with Gasteiger partial charge in [-0.15, -0.1) is 0 Å². The first kappa shape index (κ1) is 48.5. The maximum atomic E-state index is 13.6. The van der Waals surface area contributed by atoms with Crippen LogP contribution in [-0.2, 0) is 38.7 Å². The zero-order valence-corrected chi connectivity index (χ0v) is 36.0. The fourth-order valence-electron chi connectivity index (χ4n) is 6.85. The number of aliphatic hydroxyl groups is 2. The molecule has 0 bridgehead atoms. The quantitative estimate of drug-likeness (QED) is 0.0537. The van der Waals surface area contributed by atoms with Crippen molar-refractivity contribution < 1.29 is 49.1 Å². The maximum Gasteiger partial charge on any atom is 0.354 e. The molecule has 2 aromatic carbocycles. The fourth-order valence-corrected chi connectivity index (χ4v) is 7.72. The number of nitrogens with one attached hydrogen (secondary N) is 1. The smallest absolute Gasteiger partial charge is 0.354 e. The summed E-state index contributed by atoms with van der Waals surface area (Å²) < 4.78 is 12.3. The first-order valence-corrected chi connectivity index (χ1v) is 22.0. The minimum absolute atomic E-state index is 0.0496. The molecular formula is C46H56N6O10S. The number of carbonyl (C=O) groups is 4. The van der Waals surface area contributed by atoms with Crippen molar-refractivity contribution in [1.29, 1.82) is 0 Å². The van der Waals surface area contributed by atoms with Gasteiger partial charge >= 0.3 is 11.9 Å². The van der Waals surface area contributed by atoms with Gasteiger partial charge in [0.1, 0.15) is 11.4 Å². The Morgan fingerprint density at radius 1 is 0.730 bits per heavy atom.